The minimum absolute atomic E-state index is 0.115. The molecule has 0 saturated carbocycles. The number of nitrogens with one attached hydrogen (secondary N) is 1. The lowest BCUT2D eigenvalue weighted by Crippen LogP contribution is -2.08. The second-order valence-electron chi connectivity index (χ2n) is 5.01. The molecule has 0 spiro atoms. The van der Waals surface area contributed by atoms with E-state index in [-0.39, 0.29) is 24.0 Å². The van der Waals surface area contributed by atoms with Crippen LogP contribution in [0, 0.1) is 19.7 Å². The maximum absolute atomic E-state index is 12.9. The molecule has 0 unspecified atom stereocenters. The van der Waals surface area contributed by atoms with Gasteiger partial charge in [-0.1, -0.05) is 0 Å². The highest BCUT2D eigenvalue weighted by Gasteiger charge is 2.22. The van der Waals surface area contributed by atoms with Crippen molar-refractivity contribution in [1.82, 2.24) is 4.98 Å². The molecule has 0 saturated heterocycles. The number of carbonyl (C=O) groups excluding carboxylic acids is 2. The number of carbonyl (C=O) groups is 2. The van der Waals surface area contributed by atoms with Crippen LogP contribution in [0.4, 0.5) is 4.39 Å². The second kappa shape index (κ2) is 7.46. The van der Waals surface area contributed by atoms with Gasteiger partial charge >= 0.3 is 5.97 Å². The molecule has 2 aromatic rings. The molecule has 0 atom stereocenters. The first-order valence-corrected chi connectivity index (χ1v) is 8.20. The number of halogens is 1. The van der Waals surface area contributed by atoms with E-state index in [2.05, 4.69) is 4.98 Å². The number of rotatable bonds is 6. The van der Waals surface area contributed by atoms with Crippen molar-refractivity contribution in [1.29, 1.82) is 0 Å². The van der Waals surface area contributed by atoms with Crippen LogP contribution in [-0.4, -0.2) is 29.1 Å². The smallest absolute Gasteiger partial charge is 0.340 e. The van der Waals surface area contributed by atoms with Gasteiger partial charge in [-0.15, -0.1) is 11.8 Å². The van der Waals surface area contributed by atoms with Crippen molar-refractivity contribution in [2.75, 3.05) is 12.4 Å². The molecule has 0 aliphatic rings. The van der Waals surface area contributed by atoms with Gasteiger partial charge in [-0.25, -0.2) is 9.18 Å². The van der Waals surface area contributed by atoms with Crippen LogP contribution in [0.25, 0.3) is 0 Å². The van der Waals surface area contributed by atoms with Gasteiger partial charge in [0.2, 0.25) is 0 Å². The van der Waals surface area contributed by atoms with Gasteiger partial charge in [0.15, 0.2) is 5.78 Å². The molecule has 0 radical (unpaired) electrons. The summed E-state index contributed by atoms with van der Waals surface area (Å²) in [6.07, 6.45) is 0. The lowest BCUT2D eigenvalue weighted by Gasteiger charge is -2.03. The lowest BCUT2D eigenvalue weighted by molar-refractivity contribution is 0.0525. The van der Waals surface area contributed by atoms with Gasteiger partial charge in [-0.2, -0.15) is 0 Å². The van der Waals surface area contributed by atoms with E-state index in [4.69, 9.17) is 4.74 Å². The molecule has 4 nitrogen and oxygen atoms in total. The van der Waals surface area contributed by atoms with Crippen LogP contribution in [0.5, 0.6) is 0 Å². The molecule has 0 aliphatic carbocycles. The summed E-state index contributed by atoms with van der Waals surface area (Å²) in [7, 11) is 0. The number of aromatic nitrogens is 1. The van der Waals surface area contributed by atoms with Crippen molar-refractivity contribution in [3.8, 4) is 0 Å². The Balaban J connectivity index is 2.12. The topological polar surface area (TPSA) is 59.2 Å². The number of H-pyrrole nitrogens is 1. The highest BCUT2D eigenvalue weighted by Crippen LogP contribution is 2.23. The van der Waals surface area contributed by atoms with E-state index in [1.165, 1.54) is 23.9 Å². The summed E-state index contributed by atoms with van der Waals surface area (Å²) in [5, 5.41) is 0. The fourth-order valence-electron chi connectivity index (χ4n) is 2.29. The quantitative estimate of drug-likeness (QED) is 0.494. The molecule has 0 bridgehead atoms. The summed E-state index contributed by atoms with van der Waals surface area (Å²) in [4.78, 5) is 28.1. The van der Waals surface area contributed by atoms with E-state index in [0.717, 1.165) is 4.90 Å². The zero-order chi connectivity index (χ0) is 17.0. The van der Waals surface area contributed by atoms with Crippen molar-refractivity contribution in [3.63, 3.8) is 0 Å². The fraction of sp³-hybridized carbons (Fsp3) is 0.294. The van der Waals surface area contributed by atoms with Crippen LogP contribution < -0.4 is 0 Å². The predicted octanol–water partition coefficient (Wildman–Crippen LogP) is 3.92. The number of thioether (sulfide) groups is 1. The predicted molar refractivity (Wildman–Crippen MR) is 87.7 cm³/mol. The number of ketones is 1. The normalized spacial score (nSPS) is 10.6. The molecular weight excluding hydrogens is 317 g/mol. The minimum Gasteiger partial charge on any atom is -0.462 e. The van der Waals surface area contributed by atoms with Crippen LogP contribution in [0.2, 0.25) is 0 Å². The maximum Gasteiger partial charge on any atom is 0.340 e. The SMILES string of the molecule is CCOC(=O)c1c(C)[nH]c(C(=O)CSc2ccc(F)cc2)c1C. The number of aromatic amines is 1. The molecule has 23 heavy (non-hydrogen) atoms. The molecule has 0 amide bonds. The summed E-state index contributed by atoms with van der Waals surface area (Å²) in [5.41, 5.74) is 2.06. The largest absolute Gasteiger partial charge is 0.462 e. The number of ether oxygens (including phenoxy) is 1. The lowest BCUT2D eigenvalue weighted by atomic mass is 10.1. The Morgan fingerprint density at radius 2 is 1.87 bits per heavy atom. The van der Waals surface area contributed by atoms with Crippen molar-refractivity contribution >= 4 is 23.5 Å². The molecule has 2 rings (SSSR count). The summed E-state index contributed by atoms with van der Waals surface area (Å²) < 4.78 is 17.9. The Labute approximate surface area is 138 Å². The Morgan fingerprint density at radius 3 is 2.48 bits per heavy atom. The Morgan fingerprint density at radius 1 is 1.22 bits per heavy atom. The van der Waals surface area contributed by atoms with Crippen LogP contribution in [0.3, 0.4) is 0 Å². The van der Waals surface area contributed by atoms with Crippen molar-refractivity contribution in [2.24, 2.45) is 0 Å². The third-order valence-electron chi connectivity index (χ3n) is 3.38. The third-order valence-corrected chi connectivity index (χ3v) is 4.39. The highest BCUT2D eigenvalue weighted by atomic mass is 32.2. The van der Waals surface area contributed by atoms with Gasteiger partial charge in [0.1, 0.15) is 5.82 Å². The number of aryl methyl sites for hydroxylation is 1. The van der Waals surface area contributed by atoms with E-state index in [1.54, 1.807) is 32.9 Å². The fourth-order valence-corrected chi connectivity index (χ4v) is 3.06. The summed E-state index contributed by atoms with van der Waals surface area (Å²) >= 11 is 1.32. The van der Waals surface area contributed by atoms with Crippen LogP contribution in [0.15, 0.2) is 29.2 Å². The van der Waals surface area contributed by atoms with Crippen LogP contribution >= 0.6 is 11.8 Å². The average molecular weight is 335 g/mol. The molecular formula is C17H18FNO3S. The van der Waals surface area contributed by atoms with Crippen molar-refractivity contribution in [3.05, 3.63) is 52.6 Å². The van der Waals surface area contributed by atoms with Crippen molar-refractivity contribution in [2.45, 2.75) is 25.7 Å². The van der Waals surface area contributed by atoms with E-state index >= 15 is 0 Å². The second-order valence-corrected chi connectivity index (χ2v) is 6.06. The van der Waals surface area contributed by atoms with Gasteiger partial charge in [-0.05, 0) is 50.6 Å². The molecule has 1 aromatic heterocycles. The number of hydrogen-bond acceptors (Lipinski definition) is 4. The highest BCUT2D eigenvalue weighted by molar-refractivity contribution is 8.00. The standard InChI is InChI=1S/C17H18FNO3S/c1-4-22-17(21)15-10(2)16(19-11(15)3)14(20)9-23-13-7-5-12(18)6-8-13/h5-8,19H,4,9H2,1-3H3. The molecule has 0 fully saturated rings. The van der Waals surface area contributed by atoms with E-state index in [9.17, 15) is 14.0 Å². The molecule has 1 heterocycles. The average Bonchev–Trinajstić information content (AvgIpc) is 2.81. The Kier molecular flexibility index (Phi) is 5.60. The van der Waals surface area contributed by atoms with Crippen LogP contribution in [-0.2, 0) is 4.74 Å². The van der Waals surface area contributed by atoms with Gasteiger partial charge in [-0.3, -0.25) is 4.79 Å². The van der Waals surface area contributed by atoms with E-state index in [1.807, 2.05) is 0 Å². The zero-order valence-corrected chi connectivity index (χ0v) is 14.1. The monoisotopic (exact) mass is 335 g/mol. The molecule has 6 heteroatoms. The maximum atomic E-state index is 12.9. The summed E-state index contributed by atoms with van der Waals surface area (Å²) in [5.74, 6) is -0.649. The van der Waals surface area contributed by atoms with E-state index < -0.39 is 5.97 Å². The number of hydrogen-bond donors (Lipinski definition) is 1. The van der Waals surface area contributed by atoms with Gasteiger partial charge in [0.05, 0.1) is 23.6 Å². The van der Waals surface area contributed by atoms with Crippen LogP contribution in [0.1, 0.15) is 39.0 Å². The molecule has 1 N–H and O–H groups in total. The summed E-state index contributed by atoms with van der Waals surface area (Å²) in [6, 6.07) is 5.97. The first-order valence-electron chi connectivity index (χ1n) is 7.21. The van der Waals surface area contributed by atoms with Gasteiger partial charge in [0.25, 0.3) is 0 Å². The number of Topliss-reactive ketones (excluding diaryl/α,β-unsaturated/α-hetero) is 1. The van der Waals surface area contributed by atoms with Crippen molar-refractivity contribution < 1.29 is 18.7 Å². The number of esters is 1. The Bertz CT molecular complexity index is 722. The summed E-state index contributed by atoms with van der Waals surface area (Å²) in [6.45, 7) is 5.49. The van der Waals surface area contributed by atoms with E-state index in [0.29, 0.717) is 22.5 Å². The molecule has 0 aliphatic heterocycles. The Hall–Kier alpha value is -2.08. The number of benzene rings is 1. The molecule has 122 valence electrons. The van der Waals surface area contributed by atoms with Gasteiger partial charge in [0, 0.05) is 10.6 Å². The van der Waals surface area contributed by atoms with Gasteiger partial charge < -0.3 is 9.72 Å². The first kappa shape index (κ1) is 17.3. The zero-order valence-electron chi connectivity index (χ0n) is 13.2. The molecule has 1 aromatic carbocycles. The third kappa shape index (κ3) is 4.01. The first-order chi connectivity index (χ1) is 10.9. The minimum atomic E-state index is -0.427.